The van der Waals surface area contributed by atoms with Crippen LogP contribution in [-0.4, -0.2) is 24.2 Å². The summed E-state index contributed by atoms with van der Waals surface area (Å²) in [5.41, 5.74) is 1.87. The molecule has 0 radical (unpaired) electrons. The van der Waals surface area contributed by atoms with Gasteiger partial charge >= 0.3 is 0 Å². The third kappa shape index (κ3) is 4.06. The summed E-state index contributed by atoms with van der Waals surface area (Å²) in [4.78, 5) is 16.7. The van der Waals surface area contributed by atoms with E-state index in [1.165, 1.54) is 24.4 Å². The van der Waals surface area contributed by atoms with Crippen molar-refractivity contribution in [2.45, 2.75) is 13.8 Å². The number of nitrogens with zero attached hydrogens (tertiary/aromatic N) is 3. The van der Waals surface area contributed by atoms with E-state index in [0.717, 1.165) is 18.8 Å². The van der Waals surface area contributed by atoms with E-state index in [9.17, 15) is 15.2 Å². The first kappa shape index (κ1) is 16.5. The van der Waals surface area contributed by atoms with E-state index in [0.29, 0.717) is 5.69 Å². The Hall–Kier alpha value is -2.89. The van der Waals surface area contributed by atoms with E-state index in [-0.39, 0.29) is 17.0 Å². The quantitative estimate of drug-likeness (QED) is 0.465. The topological polar surface area (TPSA) is 81.8 Å². The molecule has 0 atom stereocenters. The van der Waals surface area contributed by atoms with Crippen molar-refractivity contribution in [3.05, 3.63) is 58.1 Å². The zero-order chi connectivity index (χ0) is 16.8. The highest BCUT2D eigenvalue weighted by molar-refractivity contribution is 5.86. The maximum Gasteiger partial charge on any atom is 0.270 e. The number of nitro groups is 1. The molecule has 0 aliphatic carbocycles. The molecule has 6 nitrogen and oxygen atoms in total. The first-order valence-electron chi connectivity index (χ1n) is 7.39. The zero-order valence-electron chi connectivity index (χ0n) is 13.1. The third-order valence-electron chi connectivity index (χ3n) is 3.54. The summed E-state index contributed by atoms with van der Waals surface area (Å²) in [6.07, 6.45) is 1.36. The lowest BCUT2D eigenvalue weighted by molar-refractivity contribution is -0.385. The van der Waals surface area contributed by atoms with E-state index in [1.54, 1.807) is 0 Å². The van der Waals surface area contributed by atoms with Crippen LogP contribution in [0, 0.1) is 10.1 Å². The van der Waals surface area contributed by atoms with Gasteiger partial charge in [-0.15, -0.1) is 0 Å². The highest BCUT2D eigenvalue weighted by atomic mass is 16.6. The average Bonchev–Trinajstić information content (AvgIpc) is 2.56. The monoisotopic (exact) mass is 312 g/mol. The summed E-state index contributed by atoms with van der Waals surface area (Å²) < 4.78 is 0. The Morgan fingerprint density at radius 1 is 1.13 bits per heavy atom. The fourth-order valence-corrected chi connectivity index (χ4v) is 2.23. The van der Waals surface area contributed by atoms with Crippen molar-refractivity contribution >= 4 is 23.3 Å². The summed E-state index contributed by atoms with van der Waals surface area (Å²) in [6.45, 7) is 6.03. The van der Waals surface area contributed by atoms with Crippen LogP contribution in [0.15, 0.2) is 47.5 Å². The van der Waals surface area contributed by atoms with E-state index in [1.807, 2.05) is 24.3 Å². The van der Waals surface area contributed by atoms with E-state index < -0.39 is 4.92 Å². The molecule has 0 aliphatic rings. The molecule has 6 heteroatoms. The maximum atomic E-state index is 11.7. The fraction of sp³-hybridized carbons (Fsp3) is 0.235. The first-order chi connectivity index (χ1) is 11.0. The zero-order valence-corrected chi connectivity index (χ0v) is 13.1. The van der Waals surface area contributed by atoms with Gasteiger partial charge in [-0.1, -0.05) is 11.8 Å². The summed E-state index contributed by atoms with van der Waals surface area (Å²) in [6, 6.07) is 11.2. The number of non-ortho nitro benzene ring substituents is 1. The minimum absolute atomic E-state index is 0.122. The molecule has 0 saturated heterocycles. The first-order valence-corrected chi connectivity index (χ1v) is 7.39. The van der Waals surface area contributed by atoms with Crippen LogP contribution >= 0.6 is 0 Å². The lowest BCUT2D eigenvalue weighted by Crippen LogP contribution is -2.21. The van der Waals surface area contributed by atoms with Crippen LogP contribution < -0.4 is 10.0 Å². The molecule has 120 valence electrons. The number of rotatable bonds is 6. The van der Waals surface area contributed by atoms with Crippen molar-refractivity contribution in [1.82, 2.24) is 0 Å². The number of benzene rings is 2. The van der Waals surface area contributed by atoms with Gasteiger partial charge in [0.2, 0.25) is 0 Å². The second-order valence-corrected chi connectivity index (χ2v) is 4.93. The Bertz CT molecular complexity index is 708. The molecule has 2 aromatic rings. The van der Waals surface area contributed by atoms with Gasteiger partial charge in [-0.05, 0) is 43.7 Å². The molecule has 2 aromatic carbocycles. The average molecular weight is 312 g/mol. The Morgan fingerprint density at radius 3 is 2.35 bits per heavy atom. The van der Waals surface area contributed by atoms with Crippen LogP contribution in [0.25, 0.3) is 0 Å². The van der Waals surface area contributed by atoms with Crippen LogP contribution in [-0.2, 0) is 0 Å². The molecule has 0 bridgehead atoms. The van der Waals surface area contributed by atoms with Crippen molar-refractivity contribution in [2.75, 3.05) is 18.0 Å². The second kappa shape index (κ2) is 7.40. The maximum absolute atomic E-state index is 11.7. The van der Waals surface area contributed by atoms with Gasteiger partial charge in [-0.3, -0.25) is 15.1 Å². The molecule has 0 fully saturated rings. The molecule has 0 aliphatic heterocycles. The Kier molecular flexibility index (Phi) is 5.30. The second-order valence-electron chi connectivity index (χ2n) is 4.93. The SMILES string of the molecule is CCN(CC)c1ccc(N=Cc2cc([N+](=O)[O-])ccc2[O-])cc1. The molecule has 0 amide bonds. The predicted octanol–water partition coefficient (Wildman–Crippen LogP) is 3.27. The van der Waals surface area contributed by atoms with Crippen LogP contribution in [0.4, 0.5) is 17.1 Å². The van der Waals surface area contributed by atoms with Gasteiger partial charge in [0.05, 0.1) is 10.6 Å². The molecule has 0 saturated carbocycles. The molecular weight excluding hydrogens is 294 g/mol. The third-order valence-corrected chi connectivity index (χ3v) is 3.54. The lowest BCUT2D eigenvalue weighted by Gasteiger charge is -2.20. The van der Waals surface area contributed by atoms with Gasteiger partial charge in [-0.25, -0.2) is 0 Å². The van der Waals surface area contributed by atoms with E-state index in [4.69, 9.17) is 0 Å². The number of aliphatic imine (C=N–C) groups is 1. The van der Waals surface area contributed by atoms with Crippen LogP contribution in [0.1, 0.15) is 19.4 Å². The summed E-state index contributed by atoms with van der Waals surface area (Å²) in [7, 11) is 0. The van der Waals surface area contributed by atoms with Crippen molar-refractivity contribution in [3.63, 3.8) is 0 Å². The molecule has 0 N–H and O–H groups in total. The van der Waals surface area contributed by atoms with Gasteiger partial charge in [-0.2, -0.15) is 0 Å². The lowest BCUT2D eigenvalue weighted by atomic mass is 10.2. The Balaban J connectivity index is 2.20. The minimum Gasteiger partial charge on any atom is -0.872 e. The largest absolute Gasteiger partial charge is 0.872 e. The minimum atomic E-state index is -0.532. The van der Waals surface area contributed by atoms with Crippen molar-refractivity contribution in [3.8, 4) is 5.75 Å². The molecule has 0 unspecified atom stereocenters. The summed E-state index contributed by atoms with van der Waals surface area (Å²) >= 11 is 0. The highest BCUT2D eigenvalue weighted by Gasteiger charge is 2.05. The Labute approximate surface area is 134 Å². The van der Waals surface area contributed by atoms with Gasteiger partial charge < -0.3 is 10.0 Å². The van der Waals surface area contributed by atoms with Crippen molar-refractivity contribution < 1.29 is 10.0 Å². The molecule has 2 rings (SSSR count). The number of hydrogen-bond acceptors (Lipinski definition) is 5. The Morgan fingerprint density at radius 2 is 1.78 bits per heavy atom. The smallest absolute Gasteiger partial charge is 0.270 e. The van der Waals surface area contributed by atoms with Crippen LogP contribution in [0.2, 0.25) is 0 Å². The van der Waals surface area contributed by atoms with Crippen molar-refractivity contribution in [1.29, 1.82) is 0 Å². The molecule has 0 heterocycles. The van der Waals surface area contributed by atoms with E-state index >= 15 is 0 Å². The van der Waals surface area contributed by atoms with Gasteiger partial charge in [0.15, 0.2) is 0 Å². The van der Waals surface area contributed by atoms with Crippen LogP contribution in [0.5, 0.6) is 5.75 Å². The highest BCUT2D eigenvalue weighted by Crippen LogP contribution is 2.22. The normalized spacial score (nSPS) is 10.9. The number of hydrogen-bond donors (Lipinski definition) is 0. The summed E-state index contributed by atoms with van der Waals surface area (Å²) in [5.74, 6) is -0.292. The molecular formula is C17H18N3O3-. The van der Waals surface area contributed by atoms with Crippen LogP contribution in [0.3, 0.4) is 0 Å². The van der Waals surface area contributed by atoms with Gasteiger partial charge in [0, 0.05) is 37.1 Å². The molecule has 23 heavy (non-hydrogen) atoms. The van der Waals surface area contributed by atoms with Gasteiger partial charge in [0.25, 0.3) is 5.69 Å². The molecule has 0 aromatic heterocycles. The van der Waals surface area contributed by atoms with E-state index in [2.05, 4.69) is 23.7 Å². The van der Waals surface area contributed by atoms with Crippen molar-refractivity contribution in [2.24, 2.45) is 4.99 Å². The fourth-order valence-electron chi connectivity index (χ4n) is 2.23. The summed E-state index contributed by atoms with van der Waals surface area (Å²) in [5, 5.41) is 22.5. The number of anilines is 1. The standard InChI is InChI=1S/C17H19N3O3/c1-3-19(4-2)15-7-5-14(6-8-15)18-12-13-11-16(20(22)23)9-10-17(13)21/h5-12,21H,3-4H2,1-2H3/p-1. The van der Waals surface area contributed by atoms with Gasteiger partial charge in [0.1, 0.15) is 0 Å². The molecule has 0 spiro atoms. The predicted molar refractivity (Wildman–Crippen MR) is 89.8 cm³/mol. The number of nitro benzene ring substituents is 1.